The summed E-state index contributed by atoms with van der Waals surface area (Å²) >= 11 is 0. The summed E-state index contributed by atoms with van der Waals surface area (Å²) < 4.78 is 10.6. The van der Waals surface area contributed by atoms with Gasteiger partial charge in [-0.2, -0.15) is 0 Å². The van der Waals surface area contributed by atoms with Crippen LogP contribution in [0.2, 0.25) is 0 Å². The van der Waals surface area contributed by atoms with Crippen LogP contribution in [0.4, 0.5) is 0 Å². The van der Waals surface area contributed by atoms with Crippen LogP contribution in [-0.2, 0) is 9.53 Å². The third kappa shape index (κ3) is 2.07. The van der Waals surface area contributed by atoms with Crippen molar-refractivity contribution >= 4 is 22.8 Å². The molecule has 3 rings (SSSR count). The summed E-state index contributed by atoms with van der Waals surface area (Å²) in [6, 6.07) is 7.31. The zero-order valence-electron chi connectivity index (χ0n) is 12.4. The number of ether oxygens (including phenoxy) is 1. The van der Waals surface area contributed by atoms with E-state index >= 15 is 0 Å². The van der Waals surface area contributed by atoms with Gasteiger partial charge in [0.1, 0.15) is 17.4 Å². The largest absolute Gasteiger partial charge is 0.463 e. The van der Waals surface area contributed by atoms with Gasteiger partial charge in [0.2, 0.25) is 5.91 Å². The monoisotopic (exact) mass is 302 g/mol. The Bertz CT molecular complexity index is 724. The van der Waals surface area contributed by atoms with E-state index < -0.39 is 11.4 Å². The molecule has 0 bridgehead atoms. The molecule has 0 spiro atoms. The number of likely N-dealkylation sites (tertiary alicyclic amines) is 1. The van der Waals surface area contributed by atoms with Crippen LogP contribution >= 0.6 is 0 Å². The normalized spacial score (nSPS) is 21.4. The first-order chi connectivity index (χ1) is 10.6. The highest BCUT2D eigenvalue weighted by Crippen LogP contribution is 2.33. The molecule has 0 aliphatic carbocycles. The lowest BCUT2D eigenvalue weighted by Crippen LogP contribution is -2.58. The van der Waals surface area contributed by atoms with Crippen molar-refractivity contribution in [1.29, 1.82) is 0 Å². The molecule has 1 aliphatic rings. The highest BCUT2D eigenvalue weighted by atomic mass is 16.5. The number of rotatable bonds is 4. The fourth-order valence-corrected chi connectivity index (χ4v) is 3.18. The predicted molar refractivity (Wildman–Crippen MR) is 80.3 cm³/mol. The molecule has 1 aliphatic heterocycles. The van der Waals surface area contributed by atoms with Crippen molar-refractivity contribution in [1.82, 2.24) is 4.90 Å². The summed E-state index contributed by atoms with van der Waals surface area (Å²) in [6.07, 6.45) is 2.66. The van der Waals surface area contributed by atoms with Crippen LogP contribution in [0.5, 0.6) is 0 Å². The molecule has 0 saturated carbocycles. The Morgan fingerprint density at radius 2 is 2.18 bits per heavy atom. The number of benzene rings is 1. The van der Waals surface area contributed by atoms with Gasteiger partial charge in [0.25, 0.3) is 5.91 Å². The molecule has 6 nitrogen and oxygen atoms in total. The number of methoxy groups -OCH3 is 1. The highest BCUT2D eigenvalue weighted by Gasteiger charge is 2.49. The zero-order valence-corrected chi connectivity index (χ0v) is 12.4. The number of nitrogens with zero attached hydrogens (tertiary/aromatic N) is 1. The molecule has 22 heavy (non-hydrogen) atoms. The van der Waals surface area contributed by atoms with E-state index in [1.165, 1.54) is 18.3 Å². The molecule has 2 amide bonds. The van der Waals surface area contributed by atoms with Gasteiger partial charge in [-0.15, -0.1) is 0 Å². The second-order valence-corrected chi connectivity index (χ2v) is 5.53. The summed E-state index contributed by atoms with van der Waals surface area (Å²) in [5.74, 6) is -0.786. The lowest BCUT2D eigenvalue weighted by Gasteiger charge is -2.34. The molecule has 1 aromatic heterocycles. The number of nitrogens with two attached hydrogens (primary N) is 1. The molecule has 2 aromatic rings. The fraction of sp³-hybridized carbons (Fsp3) is 0.375. The summed E-state index contributed by atoms with van der Waals surface area (Å²) in [4.78, 5) is 26.4. The van der Waals surface area contributed by atoms with Gasteiger partial charge >= 0.3 is 0 Å². The van der Waals surface area contributed by atoms with Gasteiger partial charge in [-0.05, 0) is 18.9 Å². The summed E-state index contributed by atoms with van der Waals surface area (Å²) in [5, 5.41) is 0.732. The number of primary amides is 1. The lowest BCUT2D eigenvalue weighted by atomic mass is 9.95. The smallest absolute Gasteiger partial charge is 0.258 e. The minimum atomic E-state index is -1.08. The second kappa shape index (κ2) is 5.46. The molecule has 1 unspecified atom stereocenters. The third-order valence-corrected chi connectivity index (χ3v) is 4.29. The molecule has 1 saturated heterocycles. The molecule has 0 radical (unpaired) electrons. The van der Waals surface area contributed by atoms with E-state index in [1.807, 2.05) is 18.2 Å². The summed E-state index contributed by atoms with van der Waals surface area (Å²) in [6.45, 7) is 0.578. The van der Waals surface area contributed by atoms with Gasteiger partial charge in [-0.25, -0.2) is 0 Å². The Kier molecular flexibility index (Phi) is 3.62. The van der Waals surface area contributed by atoms with Crippen molar-refractivity contribution in [2.24, 2.45) is 5.73 Å². The van der Waals surface area contributed by atoms with Crippen LogP contribution in [0.15, 0.2) is 34.9 Å². The average molecular weight is 302 g/mol. The van der Waals surface area contributed by atoms with E-state index in [-0.39, 0.29) is 12.5 Å². The van der Waals surface area contributed by atoms with Crippen molar-refractivity contribution in [3.05, 3.63) is 36.1 Å². The molecular weight excluding hydrogens is 284 g/mol. The van der Waals surface area contributed by atoms with Crippen LogP contribution < -0.4 is 5.73 Å². The standard InChI is InChI=1S/C16H18N2O4/c1-21-10-16(15(17)20)7-4-8-18(16)14(19)12-9-22-13-6-3-2-5-11(12)13/h2-3,5-6,9H,4,7-8,10H2,1H3,(H2,17,20). The zero-order chi connectivity index (χ0) is 15.7. The van der Waals surface area contributed by atoms with E-state index in [4.69, 9.17) is 14.9 Å². The van der Waals surface area contributed by atoms with Gasteiger partial charge in [0.05, 0.1) is 12.2 Å². The first kappa shape index (κ1) is 14.6. The third-order valence-electron chi connectivity index (χ3n) is 4.29. The van der Waals surface area contributed by atoms with Crippen LogP contribution in [0, 0.1) is 0 Å². The van der Waals surface area contributed by atoms with Gasteiger partial charge in [-0.1, -0.05) is 18.2 Å². The molecule has 2 N–H and O–H groups in total. The van der Waals surface area contributed by atoms with Crippen LogP contribution in [0.3, 0.4) is 0 Å². The molecule has 1 aromatic carbocycles. The predicted octanol–water partition coefficient (Wildman–Crippen LogP) is 1.54. The minimum absolute atomic E-state index is 0.101. The topological polar surface area (TPSA) is 85.8 Å². The molecule has 6 heteroatoms. The van der Waals surface area contributed by atoms with E-state index in [0.717, 1.165) is 5.39 Å². The molecule has 1 fully saturated rings. The lowest BCUT2D eigenvalue weighted by molar-refractivity contribution is -0.130. The molecular formula is C16H18N2O4. The number of amides is 2. The van der Waals surface area contributed by atoms with Crippen molar-refractivity contribution < 1.29 is 18.7 Å². The van der Waals surface area contributed by atoms with Gasteiger partial charge in [0.15, 0.2) is 0 Å². The Morgan fingerprint density at radius 3 is 2.91 bits per heavy atom. The van der Waals surface area contributed by atoms with Gasteiger partial charge in [0, 0.05) is 19.0 Å². The first-order valence-corrected chi connectivity index (χ1v) is 7.17. The maximum Gasteiger partial charge on any atom is 0.258 e. The fourth-order valence-electron chi connectivity index (χ4n) is 3.18. The number of fused-ring (bicyclic) bond motifs is 1. The maximum atomic E-state index is 12.9. The number of para-hydroxylation sites is 1. The summed E-state index contributed by atoms with van der Waals surface area (Å²) in [5.41, 5.74) is 5.58. The number of hydrogen-bond donors (Lipinski definition) is 1. The quantitative estimate of drug-likeness (QED) is 0.928. The maximum absolute atomic E-state index is 12.9. The average Bonchev–Trinajstić information content (AvgIpc) is 3.11. The molecule has 2 heterocycles. The number of hydrogen-bond acceptors (Lipinski definition) is 4. The first-order valence-electron chi connectivity index (χ1n) is 7.17. The highest BCUT2D eigenvalue weighted by molar-refractivity contribution is 6.08. The number of carbonyl (C=O) groups is 2. The van der Waals surface area contributed by atoms with E-state index in [0.29, 0.717) is 30.5 Å². The Morgan fingerprint density at radius 1 is 1.41 bits per heavy atom. The van der Waals surface area contributed by atoms with Crippen molar-refractivity contribution in [2.45, 2.75) is 18.4 Å². The van der Waals surface area contributed by atoms with Gasteiger partial charge < -0.3 is 19.8 Å². The molecule has 1 atom stereocenters. The van der Waals surface area contributed by atoms with E-state index in [9.17, 15) is 9.59 Å². The Labute approximate surface area is 127 Å². The SMILES string of the molecule is COCC1(C(N)=O)CCCN1C(=O)c1coc2ccccc12. The molecule has 116 valence electrons. The van der Waals surface area contributed by atoms with Crippen LogP contribution in [0.1, 0.15) is 23.2 Å². The van der Waals surface area contributed by atoms with E-state index in [2.05, 4.69) is 0 Å². The Balaban J connectivity index is 2.02. The van der Waals surface area contributed by atoms with Gasteiger partial charge in [-0.3, -0.25) is 9.59 Å². The van der Waals surface area contributed by atoms with Crippen molar-refractivity contribution in [3.63, 3.8) is 0 Å². The van der Waals surface area contributed by atoms with E-state index in [1.54, 1.807) is 6.07 Å². The number of furan rings is 1. The van der Waals surface area contributed by atoms with Crippen molar-refractivity contribution in [2.75, 3.05) is 20.3 Å². The van der Waals surface area contributed by atoms with Crippen molar-refractivity contribution in [3.8, 4) is 0 Å². The Hall–Kier alpha value is -2.34. The summed E-state index contributed by atoms with van der Waals surface area (Å²) in [7, 11) is 1.50. The number of carbonyl (C=O) groups excluding carboxylic acids is 2. The second-order valence-electron chi connectivity index (χ2n) is 5.53. The van der Waals surface area contributed by atoms with Crippen LogP contribution in [-0.4, -0.2) is 42.5 Å². The minimum Gasteiger partial charge on any atom is -0.463 e. The van der Waals surface area contributed by atoms with Crippen LogP contribution in [0.25, 0.3) is 11.0 Å².